The van der Waals surface area contributed by atoms with Gasteiger partial charge in [0, 0.05) is 50.3 Å². The van der Waals surface area contributed by atoms with Gasteiger partial charge in [-0.05, 0) is 75.7 Å². The van der Waals surface area contributed by atoms with Crippen LogP contribution in [0.5, 0.6) is 0 Å². The molecule has 4 aromatic rings. The van der Waals surface area contributed by atoms with Crippen molar-refractivity contribution >= 4 is 40.7 Å². The van der Waals surface area contributed by atoms with Gasteiger partial charge in [0.05, 0.1) is 17.8 Å². The Kier molecular flexibility index (Phi) is 10.6. The zero-order chi connectivity index (χ0) is 32.7. The Hall–Kier alpha value is -5.11. The minimum Gasteiger partial charge on any atom is -0.334 e. The first-order chi connectivity index (χ1) is 21.5. The van der Waals surface area contributed by atoms with Crippen LogP contribution in [0.1, 0.15) is 43.6 Å². The monoisotopic (exact) mass is 605 g/mol. The fourth-order valence-corrected chi connectivity index (χ4v) is 5.43. The van der Waals surface area contributed by atoms with Crippen LogP contribution in [0.25, 0.3) is 0 Å². The SMILES string of the molecule is CC(C)N(C(=O)c1ccccc1N(C)C(=O)N(C)c1cccc(N(C)C(=O)N(Cc2ccccc2)c2ccccc2)c1)C(C)C. The zero-order valence-electron chi connectivity index (χ0n) is 27.2. The highest BCUT2D eigenvalue weighted by molar-refractivity contribution is 6.09. The number of carbonyl (C=O) groups excluding carboxylic acids is 3. The van der Waals surface area contributed by atoms with E-state index < -0.39 is 0 Å². The van der Waals surface area contributed by atoms with E-state index in [0.29, 0.717) is 29.2 Å². The molecule has 0 aliphatic carbocycles. The minimum atomic E-state index is -0.322. The van der Waals surface area contributed by atoms with Crippen molar-refractivity contribution in [1.82, 2.24) is 4.90 Å². The van der Waals surface area contributed by atoms with Crippen molar-refractivity contribution in [3.05, 3.63) is 120 Å². The molecule has 0 saturated heterocycles. The maximum absolute atomic E-state index is 13.9. The molecule has 0 spiro atoms. The summed E-state index contributed by atoms with van der Waals surface area (Å²) in [6.07, 6.45) is 0. The lowest BCUT2D eigenvalue weighted by atomic mass is 10.1. The van der Waals surface area contributed by atoms with Crippen LogP contribution in [-0.4, -0.2) is 56.1 Å². The highest BCUT2D eigenvalue weighted by Crippen LogP contribution is 2.28. The number of para-hydroxylation sites is 2. The van der Waals surface area contributed by atoms with Crippen molar-refractivity contribution in [2.75, 3.05) is 40.7 Å². The van der Waals surface area contributed by atoms with Gasteiger partial charge in [-0.1, -0.05) is 66.7 Å². The van der Waals surface area contributed by atoms with Crippen LogP contribution < -0.4 is 19.6 Å². The normalized spacial score (nSPS) is 10.9. The molecule has 0 atom stereocenters. The molecule has 0 aliphatic heterocycles. The van der Waals surface area contributed by atoms with Gasteiger partial charge >= 0.3 is 12.1 Å². The highest BCUT2D eigenvalue weighted by atomic mass is 16.2. The molecule has 4 rings (SSSR count). The maximum Gasteiger partial charge on any atom is 0.329 e. The minimum absolute atomic E-state index is 0.00202. The molecular weight excluding hydrogens is 562 g/mol. The van der Waals surface area contributed by atoms with Gasteiger partial charge in [-0.2, -0.15) is 0 Å². The Morgan fingerprint density at radius 1 is 0.556 bits per heavy atom. The smallest absolute Gasteiger partial charge is 0.329 e. The summed E-state index contributed by atoms with van der Waals surface area (Å²) >= 11 is 0. The van der Waals surface area contributed by atoms with Gasteiger partial charge in [-0.3, -0.25) is 24.4 Å². The maximum atomic E-state index is 13.9. The lowest BCUT2D eigenvalue weighted by molar-refractivity contribution is 0.0644. The van der Waals surface area contributed by atoms with Crippen LogP contribution in [0.4, 0.5) is 32.3 Å². The van der Waals surface area contributed by atoms with E-state index >= 15 is 0 Å². The van der Waals surface area contributed by atoms with E-state index in [0.717, 1.165) is 11.3 Å². The number of hydrogen-bond donors (Lipinski definition) is 0. The molecule has 234 valence electrons. The second-order valence-electron chi connectivity index (χ2n) is 11.6. The molecule has 0 saturated carbocycles. The van der Waals surface area contributed by atoms with Crippen LogP contribution in [-0.2, 0) is 6.54 Å². The zero-order valence-corrected chi connectivity index (χ0v) is 27.2. The summed E-state index contributed by atoms with van der Waals surface area (Å²) in [5.41, 5.74) is 4.01. The molecule has 45 heavy (non-hydrogen) atoms. The number of urea groups is 2. The van der Waals surface area contributed by atoms with Crippen LogP contribution in [0.2, 0.25) is 0 Å². The van der Waals surface area contributed by atoms with E-state index in [9.17, 15) is 14.4 Å². The van der Waals surface area contributed by atoms with E-state index in [1.807, 2.05) is 130 Å². The number of nitrogens with zero attached hydrogens (tertiary/aromatic N) is 5. The van der Waals surface area contributed by atoms with Gasteiger partial charge in [0.25, 0.3) is 5.91 Å². The van der Waals surface area contributed by atoms with Gasteiger partial charge in [-0.15, -0.1) is 0 Å². The van der Waals surface area contributed by atoms with Gasteiger partial charge in [0.15, 0.2) is 0 Å². The van der Waals surface area contributed by atoms with Crippen molar-refractivity contribution in [2.24, 2.45) is 0 Å². The molecule has 0 aromatic heterocycles. The van der Waals surface area contributed by atoms with Crippen LogP contribution in [0.15, 0.2) is 109 Å². The first kappa shape index (κ1) is 32.8. The second kappa shape index (κ2) is 14.6. The van der Waals surface area contributed by atoms with Gasteiger partial charge in [0.2, 0.25) is 0 Å². The Labute approximate surface area is 267 Å². The number of anilines is 4. The quantitative estimate of drug-likeness (QED) is 0.195. The topological polar surface area (TPSA) is 67.4 Å². The van der Waals surface area contributed by atoms with Crippen LogP contribution in [0.3, 0.4) is 0 Å². The molecule has 0 radical (unpaired) electrons. The number of benzene rings is 4. The predicted octanol–water partition coefficient (Wildman–Crippen LogP) is 7.90. The molecule has 0 fully saturated rings. The summed E-state index contributed by atoms with van der Waals surface area (Å²) in [6, 6.07) is 33.4. The van der Waals surface area contributed by atoms with Gasteiger partial charge in [-0.25, -0.2) is 9.59 Å². The standard InChI is InChI=1S/C37H43N5O3/c1-27(2)42(28(3)4)35(43)33-23-14-15-24-34(33)40(7)36(44)38(5)31-21-16-22-32(25-31)39(6)37(45)41(30-19-12-9-13-20-30)26-29-17-10-8-11-18-29/h8-25,27-28H,26H2,1-7H3. The van der Waals surface area contributed by atoms with E-state index in [2.05, 4.69) is 0 Å². The van der Waals surface area contributed by atoms with E-state index in [-0.39, 0.29) is 30.1 Å². The third-order valence-electron chi connectivity index (χ3n) is 7.79. The molecular formula is C37H43N5O3. The van der Waals surface area contributed by atoms with E-state index in [1.165, 1.54) is 9.80 Å². The molecule has 8 nitrogen and oxygen atoms in total. The van der Waals surface area contributed by atoms with Crippen LogP contribution >= 0.6 is 0 Å². The number of carbonyl (C=O) groups is 3. The van der Waals surface area contributed by atoms with Crippen molar-refractivity contribution in [3.8, 4) is 0 Å². The third kappa shape index (κ3) is 7.52. The molecule has 5 amide bonds. The first-order valence-corrected chi connectivity index (χ1v) is 15.2. The third-order valence-corrected chi connectivity index (χ3v) is 7.79. The summed E-state index contributed by atoms with van der Waals surface area (Å²) in [5.74, 6) is -0.126. The molecule has 0 unspecified atom stereocenters. The lowest BCUT2D eigenvalue weighted by Gasteiger charge is -2.33. The Morgan fingerprint density at radius 3 is 1.62 bits per heavy atom. The van der Waals surface area contributed by atoms with Crippen molar-refractivity contribution in [3.63, 3.8) is 0 Å². The molecule has 0 bridgehead atoms. The number of amides is 5. The molecule has 4 aromatic carbocycles. The Morgan fingerprint density at radius 2 is 1.04 bits per heavy atom. The van der Waals surface area contributed by atoms with E-state index in [4.69, 9.17) is 0 Å². The summed E-state index contributed by atoms with van der Waals surface area (Å²) in [5, 5.41) is 0. The average molecular weight is 606 g/mol. The predicted molar refractivity (Wildman–Crippen MR) is 184 cm³/mol. The Balaban J connectivity index is 1.58. The summed E-state index contributed by atoms with van der Waals surface area (Å²) in [7, 11) is 5.08. The van der Waals surface area contributed by atoms with Crippen molar-refractivity contribution in [1.29, 1.82) is 0 Å². The molecule has 0 N–H and O–H groups in total. The Bertz CT molecular complexity index is 1600. The molecule has 8 heteroatoms. The highest BCUT2D eigenvalue weighted by Gasteiger charge is 2.28. The fourth-order valence-electron chi connectivity index (χ4n) is 5.43. The molecule has 0 aliphatic rings. The second-order valence-corrected chi connectivity index (χ2v) is 11.6. The summed E-state index contributed by atoms with van der Waals surface area (Å²) in [6.45, 7) is 8.34. The summed E-state index contributed by atoms with van der Waals surface area (Å²) in [4.78, 5) is 49.5. The van der Waals surface area contributed by atoms with Gasteiger partial charge in [0.1, 0.15) is 0 Å². The average Bonchev–Trinajstić information content (AvgIpc) is 3.06. The number of hydrogen-bond acceptors (Lipinski definition) is 3. The fraction of sp³-hybridized carbons (Fsp3) is 0.270. The first-order valence-electron chi connectivity index (χ1n) is 15.2. The largest absolute Gasteiger partial charge is 0.334 e. The van der Waals surface area contributed by atoms with Crippen molar-refractivity contribution in [2.45, 2.75) is 46.3 Å². The van der Waals surface area contributed by atoms with Crippen molar-refractivity contribution < 1.29 is 14.4 Å². The lowest BCUT2D eigenvalue weighted by Crippen LogP contribution is -2.44. The van der Waals surface area contributed by atoms with Crippen LogP contribution in [0, 0.1) is 0 Å². The molecule has 0 heterocycles. The summed E-state index contributed by atoms with van der Waals surface area (Å²) < 4.78 is 0. The van der Waals surface area contributed by atoms with Gasteiger partial charge < -0.3 is 4.90 Å². The number of rotatable bonds is 9. The van der Waals surface area contributed by atoms with E-state index in [1.54, 1.807) is 43.1 Å².